The van der Waals surface area contributed by atoms with Crippen molar-refractivity contribution in [3.05, 3.63) is 58.1 Å². The summed E-state index contributed by atoms with van der Waals surface area (Å²) in [4.78, 5) is 22.9. The number of unbranched alkanes of at least 4 members (excludes halogenated alkanes) is 6. The highest BCUT2D eigenvalue weighted by atomic mass is 16.6. The summed E-state index contributed by atoms with van der Waals surface area (Å²) in [6, 6.07) is 10.4. The van der Waals surface area contributed by atoms with Crippen molar-refractivity contribution in [2.75, 3.05) is 13.2 Å². The second-order valence-corrected chi connectivity index (χ2v) is 7.62. The number of nitrogens with zero attached hydrogens (tertiary/aromatic N) is 1. The maximum atomic E-state index is 12.6. The van der Waals surface area contributed by atoms with Gasteiger partial charge in [0.15, 0.2) is 11.5 Å². The third-order valence-corrected chi connectivity index (χ3v) is 4.95. The lowest BCUT2D eigenvalue weighted by atomic mass is 10.2. The summed E-state index contributed by atoms with van der Waals surface area (Å²) >= 11 is 0. The van der Waals surface area contributed by atoms with E-state index in [1.165, 1.54) is 30.7 Å². The van der Waals surface area contributed by atoms with Crippen LogP contribution in [0.3, 0.4) is 0 Å². The van der Waals surface area contributed by atoms with Gasteiger partial charge in [0, 0.05) is 12.1 Å². The SMILES string of the molecule is CCCCCCOc1ccc(C(=O)Oc2ccc([N+](=O)[O-])cc2)cc1OCCCCCC. The molecule has 0 aromatic heterocycles. The molecular formula is C25H33NO6. The molecule has 7 nitrogen and oxygen atoms in total. The Balaban J connectivity index is 2.05. The molecule has 0 aliphatic heterocycles. The van der Waals surface area contributed by atoms with Gasteiger partial charge >= 0.3 is 5.97 Å². The molecule has 0 aliphatic carbocycles. The minimum atomic E-state index is -0.566. The fourth-order valence-corrected chi connectivity index (χ4v) is 3.09. The fourth-order valence-electron chi connectivity index (χ4n) is 3.09. The predicted octanol–water partition coefficient (Wildman–Crippen LogP) is 6.73. The molecule has 2 aromatic rings. The Hall–Kier alpha value is -3.09. The van der Waals surface area contributed by atoms with Crippen LogP contribution in [-0.4, -0.2) is 24.1 Å². The molecule has 32 heavy (non-hydrogen) atoms. The lowest BCUT2D eigenvalue weighted by Crippen LogP contribution is -2.10. The van der Waals surface area contributed by atoms with E-state index in [0.717, 1.165) is 44.9 Å². The molecule has 0 fully saturated rings. The molecule has 7 heteroatoms. The minimum absolute atomic E-state index is 0.0657. The van der Waals surface area contributed by atoms with E-state index in [0.29, 0.717) is 30.3 Å². The van der Waals surface area contributed by atoms with Gasteiger partial charge in [0.2, 0.25) is 0 Å². The second kappa shape index (κ2) is 14.1. The molecule has 0 spiro atoms. The zero-order chi connectivity index (χ0) is 23.2. The van der Waals surface area contributed by atoms with Crippen LogP contribution in [0.5, 0.6) is 17.2 Å². The zero-order valence-corrected chi connectivity index (χ0v) is 19.0. The maximum absolute atomic E-state index is 12.6. The van der Waals surface area contributed by atoms with Crippen molar-refractivity contribution in [2.24, 2.45) is 0 Å². The standard InChI is InChI=1S/C25H33NO6/c1-3-5-7-9-17-30-23-16-11-20(19-24(23)31-18-10-8-6-4-2)25(27)32-22-14-12-21(13-15-22)26(28)29/h11-16,19H,3-10,17-18H2,1-2H3. The second-order valence-electron chi connectivity index (χ2n) is 7.62. The van der Waals surface area contributed by atoms with Gasteiger partial charge in [-0.1, -0.05) is 52.4 Å². The third-order valence-electron chi connectivity index (χ3n) is 4.95. The Kier molecular flexibility index (Phi) is 11.1. The summed E-state index contributed by atoms with van der Waals surface area (Å²) in [5.74, 6) is 0.807. The first-order chi connectivity index (χ1) is 15.5. The number of carbonyl (C=O) groups excluding carboxylic acids is 1. The summed E-state index contributed by atoms with van der Waals surface area (Å²) < 4.78 is 17.2. The van der Waals surface area contributed by atoms with E-state index in [2.05, 4.69) is 13.8 Å². The Labute approximate surface area is 189 Å². The number of carbonyl (C=O) groups is 1. The van der Waals surface area contributed by atoms with Crippen LogP contribution >= 0.6 is 0 Å². The number of esters is 1. The molecule has 0 N–H and O–H groups in total. The average molecular weight is 444 g/mol. The van der Waals surface area contributed by atoms with Gasteiger partial charge in [0.05, 0.1) is 23.7 Å². The first kappa shape index (κ1) is 25.2. The van der Waals surface area contributed by atoms with Gasteiger partial charge in [0.25, 0.3) is 5.69 Å². The normalized spacial score (nSPS) is 10.6. The van der Waals surface area contributed by atoms with Crippen LogP contribution in [0.1, 0.15) is 75.6 Å². The van der Waals surface area contributed by atoms with Gasteiger partial charge in [-0.2, -0.15) is 0 Å². The van der Waals surface area contributed by atoms with Crippen LogP contribution in [-0.2, 0) is 0 Å². The van der Waals surface area contributed by atoms with E-state index in [9.17, 15) is 14.9 Å². The van der Waals surface area contributed by atoms with Gasteiger partial charge in [-0.25, -0.2) is 4.79 Å². The number of ether oxygens (including phenoxy) is 3. The Morgan fingerprint density at radius 2 is 1.41 bits per heavy atom. The van der Waals surface area contributed by atoms with E-state index >= 15 is 0 Å². The predicted molar refractivity (Wildman–Crippen MR) is 124 cm³/mol. The zero-order valence-electron chi connectivity index (χ0n) is 19.0. The highest BCUT2D eigenvalue weighted by molar-refractivity contribution is 5.91. The molecule has 0 aliphatic rings. The van der Waals surface area contributed by atoms with Crippen molar-refractivity contribution < 1.29 is 23.9 Å². The summed E-state index contributed by atoms with van der Waals surface area (Å²) in [6.45, 7) is 5.47. The van der Waals surface area contributed by atoms with Crippen LogP contribution < -0.4 is 14.2 Å². The number of hydrogen-bond donors (Lipinski definition) is 0. The first-order valence-electron chi connectivity index (χ1n) is 11.4. The molecule has 0 saturated carbocycles. The number of nitro benzene ring substituents is 1. The van der Waals surface area contributed by atoms with Crippen LogP contribution in [0.4, 0.5) is 5.69 Å². The molecule has 0 atom stereocenters. The summed E-state index contributed by atoms with van der Waals surface area (Å²) in [7, 11) is 0. The minimum Gasteiger partial charge on any atom is -0.490 e. The number of rotatable bonds is 15. The van der Waals surface area contributed by atoms with Crippen molar-refractivity contribution in [3.8, 4) is 17.2 Å². The largest absolute Gasteiger partial charge is 0.490 e. The topological polar surface area (TPSA) is 87.9 Å². The smallest absolute Gasteiger partial charge is 0.343 e. The van der Waals surface area contributed by atoms with Crippen molar-refractivity contribution in [1.29, 1.82) is 0 Å². The fraction of sp³-hybridized carbons (Fsp3) is 0.480. The van der Waals surface area contributed by atoms with Gasteiger partial charge in [0.1, 0.15) is 5.75 Å². The summed E-state index contributed by atoms with van der Waals surface area (Å²) in [5, 5.41) is 10.8. The Morgan fingerprint density at radius 3 is 1.97 bits per heavy atom. The third kappa shape index (κ3) is 8.57. The van der Waals surface area contributed by atoms with Gasteiger partial charge in [-0.15, -0.1) is 0 Å². The first-order valence-corrected chi connectivity index (χ1v) is 11.4. The van der Waals surface area contributed by atoms with E-state index < -0.39 is 10.9 Å². The highest BCUT2D eigenvalue weighted by Gasteiger charge is 2.15. The molecule has 0 bridgehead atoms. The summed E-state index contributed by atoms with van der Waals surface area (Å²) in [6.07, 6.45) is 8.75. The van der Waals surface area contributed by atoms with Crippen molar-refractivity contribution in [2.45, 2.75) is 65.2 Å². The van der Waals surface area contributed by atoms with Gasteiger partial charge in [-0.05, 0) is 43.2 Å². The average Bonchev–Trinajstić information content (AvgIpc) is 2.79. The van der Waals surface area contributed by atoms with Crippen molar-refractivity contribution in [1.82, 2.24) is 0 Å². The molecular weight excluding hydrogens is 410 g/mol. The van der Waals surface area contributed by atoms with E-state index in [4.69, 9.17) is 14.2 Å². The number of nitro groups is 1. The quantitative estimate of drug-likeness (QED) is 0.0996. The van der Waals surface area contributed by atoms with Crippen LogP contribution in [0.25, 0.3) is 0 Å². The van der Waals surface area contributed by atoms with Crippen LogP contribution in [0, 0.1) is 10.1 Å². The van der Waals surface area contributed by atoms with Gasteiger partial charge < -0.3 is 14.2 Å². The molecule has 0 unspecified atom stereocenters. The molecule has 2 rings (SSSR count). The number of hydrogen-bond acceptors (Lipinski definition) is 6. The van der Waals surface area contributed by atoms with Crippen LogP contribution in [0.15, 0.2) is 42.5 Å². The number of benzene rings is 2. The molecule has 2 aromatic carbocycles. The van der Waals surface area contributed by atoms with Crippen molar-refractivity contribution >= 4 is 11.7 Å². The lowest BCUT2D eigenvalue weighted by molar-refractivity contribution is -0.384. The molecule has 174 valence electrons. The number of non-ortho nitro benzene ring substituents is 1. The maximum Gasteiger partial charge on any atom is 0.343 e. The molecule has 0 saturated heterocycles. The van der Waals surface area contributed by atoms with E-state index in [1.807, 2.05) is 0 Å². The Bertz CT molecular complexity index is 850. The van der Waals surface area contributed by atoms with E-state index in [1.54, 1.807) is 18.2 Å². The molecule has 0 heterocycles. The van der Waals surface area contributed by atoms with Gasteiger partial charge in [-0.3, -0.25) is 10.1 Å². The van der Waals surface area contributed by atoms with Crippen LogP contribution in [0.2, 0.25) is 0 Å². The van der Waals surface area contributed by atoms with Crippen molar-refractivity contribution in [3.63, 3.8) is 0 Å². The monoisotopic (exact) mass is 443 g/mol. The molecule has 0 radical (unpaired) electrons. The Morgan fingerprint density at radius 1 is 0.812 bits per heavy atom. The molecule has 0 amide bonds. The summed E-state index contributed by atoms with van der Waals surface area (Å²) in [5.41, 5.74) is 0.259. The van der Waals surface area contributed by atoms with E-state index in [-0.39, 0.29) is 11.4 Å². The highest BCUT2D eigenvalue weighted by Crippen LogP contribution is 2.30. The lowest BCUT2D eigenvalue weighted by Gasteiger charge is -2.14.